The molecular weight excluding hydrogens is 238 g/mol. The Balaban J connectivity index is 1.93. The molecule has 2 rings (SSSR count). The molecule has 1 aliphatic heterocycles. The van der Waals surface area contributed by atoms with Crippen LogP contribution in [-0.2, 0) is 4.79 Å². The van der Waals surface area contributed by atoms with E-state index in [1.165, 1.54) is 0 Å². The maximum absolute atomic E-state index is 12.3. The van der Waals surface area contributed by atoms with Crippen LogP contribution in [0.5, 0.6) is 0 Å². The van der Waals surface area contributed by atoms with Crippen LogP contribution in [0.15, 0.2) is 30.3 Å². The van der Waals surface area contributed by atoms with Gasteiger partial charge in [-0.15, -0.1) is 6.42 Å². The summed E-state index contributed by atoms with van der Waals surface area (Å²) >= 11 is 0. The number of amides is 1. The number of nitrogens with two attached hydrogens (primary N) is 1. The van der Waals surface area contributed by atoms with Crippen molar-refractivity contribution in [2.24, 2.45) is 5.73 Å². The monoisotopic (exact) mass is 257 g/mol. The molecule has 0 unspecified atom stereocenters. The maximum atomic E-state index is 12.3. The standard InChI is InChI=1S/C15H19N3O/c1-2-8-17-9-11-18(12-10-17)15(19)14(16)13-6-4-3-5-7-13/h1,3-7,14H,8-12,16H2/t14-/m1/s1. The second-order valence-electron chi connectivity index (χ2n) is 4.69. The van der Waals surface area contributed by atoms with Crippen molar-refractivity contribution in [1.29, 1.82) is 0 Å². The summed E-state index contributed by atoms with van der Waals surface area (Å²) in [5.74, 6) is 2.62. The van der Waals surface area contributed by atoms with Crippen LogP contribution in [-0.4, -0.2) is 48.4 Å². The van der Waals surface area contributed by atoms with Crippen molar-refractivity contribution in [3.8, 4) is 12.3 Å². The van der Waals surface area contributed by atoms with Gasteiger partial charge >= 0.3 is 0 Å². The molecule has 0 bridgehead atoms. The Morgan fingerprint density at radius 2 is 1.89 bits per heavy atom. The second kappa shape index (κ2) is 6.37. The number of hydrogen-bond donors (Lipinski definition) is 1. The molecule has 2 N–H and O–H groups in total. The van der Waals surface area contributed by atoms with E-state index in [0.717, 1.165) is 18.7 Å². The SMILES string of the molecule is C#CCN1CCN(C(=O)[C@H](N)c2ccccc2)CC1. The smallest absolute Gasteiger partial charge is 0.244 e. The third-order valence-corrected chi connectivity index (χ3v) is 3.42. The molecule has 1 aromatic carbocycles. The van der Waals surface area contributed by atoms with Crippen LogP contribution in [0.3, 0.4) is 0 Å². The van der Waals surface area contributed by atoms with E-state index in [1.54, 1.807) is 0 Å². The first kappa shape index (κ1) is 13.6. The van der Waals surface area contributed by atoms with E-state index in [0.29, 0.717) is 19.6 Å². The van der Waals surface area contributed by atoms with Gasteiger partial charge in [0, 0.05) is 26.2 Å². The zero-order chi connectivity index (χ0) is 13.7. The Hall–Kier alpha value is -1.83. The van der Waals surface area contributed by atoms with E-state index in [4.69, 9.17) is 12.2 Å². The first-order chi connectivity index (χ1) is 9.22. The van der Waals surface area contributed by atoms with E-state index < -0.39 is 6.04 Å². The van der Waals surface area contributed by atoms with Gasteiger partial charge in [0.2, 0.25) is 5.91 Å². The molecule has 1 saturated heterocycles. The highest BCUT2D eigenvalue weighted by Gasteiger charge is 2.25. The number of carbonyl (C=O) groups excluding carboxylic acids is 1. The van der Waals surface area contributed by atoms with Crippen molar-refractivity contribution in [2.45, 2.75) is 6.04 Å². The lowest BCUT2D eigenvalue weighted by atomic mass is 10.1. The van der Waals surface area contributed by atoms with Gasteiger partial charge in [0.05, 0.1) is 6.54 Å². The Bertz CT molecular complexity index is 458. The van der Waals surface area contributed by atoms with Gasteiger partial charge in [0.15, 0.2) is 0 Å². The van der Waals surface area contributed by atoms with Crippen molar-refractivity contribution in [1.82, 2.24) is 9.80 Å². The van der Waals surface area contributed by atoms with E-state index in [1.807, 2.05) is 35.2 Å². The van der Waals surface area contributed by atoms with Crippen LogP contribution in [0.1, 0.15) is 11.6 Å². The summed E-state index contributed by atoms with van der Waals surface area (Å²) < 4.78 is 0. The van der Waals surface area contributed by atoms with Crippen LogP contribution in [0, 0.1) is 12.3 Å². The summed E-state index contributed by atoms with van der Waals surface area (Å²) in [5.41, 5.74) is 6.89. The minimum Gasteiger partial charge on any atom is -0.338 e. The predicted molar refractivity (Wildman–Crippen MR) is 75.2 cm³/mol. The number of piperazine rings is 1. The zero-order valence-corrected chi connectivity index (χ0v) is 11.0. The minimum atomic E-state index is -0.569. The highest BCUT2D eigenvalue weighted by atomic mass is 16.2. The largest absolute Gasteiger partial charge is 0.338 e. The number of carbonyl (C=O) groups is 1. The fourth-order valence-electron chi connectivity index (χ4n) is 2.26. The van der Waals surface area contributed by atoms with Crippen molar-refractivity contribution in [3.05, 3.63) is 35.9 Å². The summed E-state index contributed by atoms with van der Waals surface area (Å²) in [6.45, 7) is 3.67. The fraction of sp³-hybridized carbons (Fsp3) is 0.400. The lowest BCUT2D eigenvalue weighted by molar-refractivity contribution is -0.134. The summed E-state index contributed by atoms with van der Waals surface area (Å²) in [7, 11) is 0. The number of terminal acetylenes is 1. The van der Waals surface area contributed by atoms with E-state index in [-0.39, 0.29) is 5.91 Å². The maximum Gasteiger partial charge on any atom is 0.244 e. The van der Waals surface area contributed by atoms with Gasteiger partial charge < -0.3 is 10.6 Å². The summed E-state index contributed by atoms with van der Waals surface area (Å²) in [6.07, 6.45) is 5.29. The highest BCUT2D eigenvalue weighted by molar-refractivity contribution is 5.83. The van der Waals surface area contributed by atoms with Crippen LogP contribution in [0.4, 0.5) is 0 Å². The van der Waals surface area contributed by atoms with Gasteiger partial charge in [-0.25, -0.2) is 0 Å². The average molecular weight is 257 g/mol. The molecule has 19 heavy (non-hydrogen) atoms. The zero-order valence-electron chi connectivity index (χ0n) is 11.0. The molecule has 4 nitrogen and oxygen atoms in total. The molecule has 0 radical (unpaired) electrons. The molecule has 1 fully saturated rings. The molecule has 0 aromatic heterocycles. The number of hydrogen-bond acceptors (Lipinski definition) is 3. The molecule has 4 heteroatoms. The lowest BCUT2D eigenvalue weighted by Crippen LogP contribution is -2.51. The molecular formula is C15H19N3O. The average Bonchev–Trinajstić information content (AvgIpc) is 2.48. The van der Waals surface area contributed by atoms with Crippen LogP contribution < -0.4 is 5.73 Å². The first-order valence-corrected chi connectivity index (χ1v) is 6.47. The van der Waals surface area contributed by atoms with E-state index in [2.05, 4.69) is 10.8 Å². The van der Waals surface area contributed by atoms with Gasteiger partial charge in [-0.05, 0) is 5.56 Å². The Kier molecular flexibility index (Phi) is 4.56. The molecule has 0 spiro atoms. The van der Waals surface area contributed by atoms with Gasteiger partial charge in [-0.2, -0.15) is 0 Å². The predicted octanol–water partition coefficient (Wildman–Crippen LogP) is 0.464. The van der Waals surface area contributed by atoms with Gasteiger partial charge in [-0.3, -0.25) is 9.69 Å². The van der Waals surface area contributed by atoms with Crippen LogP contribution in [0.25, 0.3) is 0 Å². The highest BCUT2D eigenvalue weighted by Crippen LogP contribution is 2.14. The summed E-state index contributed by atoms with van der Waals surface area (Å²) in [4.78, 5) is 16.3. The third kappa shape index (κ3) is 3.34. The molecule has 100 valence electrons. The van der Waals surface area contributed by atoms with Crippen molar-refractivity contribution in [3.63, 3.8) is 0 Å². The number of nitrogens with zero attached hydrogens (tertiary/aromatic N) is 2. The Morgan fingerprint density at radius 1 is 1.26 bits per heavy atom. The van der Waals surface area contributed by atoms with E-state index in [9.17, 15) is 4.79 Å². The normalized spacial score (nSPS) is 17.8. The first-order valence-electron chi connectivity index (χ1n) is 6.47. The van der Waals surface area contributed by atoms with Crippen molar-refractivity contribution >= 4 is 5.91 Å². The molecule has 1 aromatic rings. The lowest BCUT2D eigenvalue weighted by Gasteiger charge is -2.35. The summed E-state index contributed by atoms with van der Waals surface area (Å²) in [5, 5.41) is 0. The van der Waals surface area contributed by atoms with Crippen LogP contribution >= 0.6 is 0 Å². The van der Waals surface area contributed by atoms with Gasteiger partial charge in [-0.1, -0.05) is 36.3 Å². The third-order valence-electron chi connectivity index (χ3n) is 3.42. The van der Waals surface area contributed by atoms with Crippen molar-refractivity contribution < 1.29 is 4.79 Å². The van der Waals surface area contributed by atoms with Gasteiger partial charge in [0.1, 0.15) is 6.04 Å². The minimum absolute atomic E-state index is 0.00782. The fourth-order valence-corrected chi connectivity index (χ4v) is 2.26. The molecule has 1 amide bonds. The van der Waals surface area contributed by atoms with Gasteiger partial charge in [0.25, 0.3) is 0 Å². The topological polar surface area (TPSA) is 49.6 Å². The Labute approximate surface area is 114 Å². The molecule has 0 saturated carbocycles. The van der Waals surface area contributed by atoms with E-state index >= 15 is 0 Å². The molecule has 1 atom stereocenters. The molecule has 0 aliphatic carbocycles. The quantitative estimate of drug-likeness (QED) is 0.801. The second-order valence-corrected chi connectivity index (χ2v) is 4.69. The molecule has 1 aliphatic rings. The Morgan fingerprint density at radius 3 is 2.47 bits per heavy atom. The molecule has 1 heterocycles. The van der Waals surface area contributed by atoms with Crippen molar-refractivity contribution in [2.75, 3.05) is 32.7 Å². The van der Waals surface area contributed by atoms with Crippen LogP contribution in [0.2, 0.25) is 0 Å². The number of rotatable bonds is 3. The number of benzene rings is 1. The summed E-state index contributed by atoms with van der Waals surface area (Å²) in [6, 6.07) is 8.91.